The standard InChI is InChI=1S/C15H24N4O2/c1-11(2)9-19-4-5-21-13(10-19)7-18-15(20)14-8-16-12(3)6-17-14/h6,8,11,13H,4-5,7,9-10H2,1-3H3,(H,18,20)/t13-/m0/s1. The van der Waals surface area contributed by atoms with Gasteiger partial charge in [-0.15, -0.1) is 0 Å². The van der Waals surface area contributed by atoms with Gasteiger partial charge in [-0.1, -0.05) is 13.8 Å². The van der Waals surface area contributed by atoms with E-state index in [2.05, 4.69) is 34.0 Å². The lowest BCUT2D eigenvalue weighted by molar-refractivity contribution is -0.0295. The molecule has 1 atom stereocenters. The molecule has 6 heteroatoms. The minimum atomic E-state index is -0.202. The van der Waals surface area contributed by atoms with Crippen LogP contribution < -0.4 is 5.32 Å². The van der Waals surface area contributed by atoms with Crippen LogP contribution in [-0.2, 0) is 4.74 Å². The molecule has 1 aromatic heterocycles. The van der Waals surface area contributed by atoms with Crippen molar-refractivity contribution in [2.24, 2.45) is 5.92 Å². The molecule has 116 valence electrons. The number of amides is 1. The van der Waals surface area contributed by atoms with Crippen molar-refractivity contribution < 1.29 is 9.53 Å². The van der Waals surface area contributed by atoms with Gasteiger partial charge in [0.15, 0.2) is 0 Å². The lowest BCUT2D eigenvalue weighted by Gasteiger charge is -2.33. The Kier molecular flexibility index (Phi) is 5.64. The molecule has 6 nitrogen and oxygen atoms in total. The summed E-state index contributed by atoms with van der Waals surface area (Å²) in [6.07, 6.45) is 3.13. The monoisotopic (exact) mass is 292 g/mol. The Hall–Kier alpha value is -1.53. The number of aromatic nitrogens is 2. The third-order valence-corrected chi connectivity index (χ3v) is 3.35. The Labute approximate surface area is 125 Å². The highest BCUT2D eigenvalue weighted by Gasteiger charge is 2.21. The fourth-order valence-corrected chi connectivity index (χ4v) is 2.39. The first-order valence-electron chi connectivity index (χ1n) is 7.45. The second kappa shape index (κ2) is 7.47. The molecular formula is C15H24N4O2. The summed E-state index contributed by atoms with van der Waals surface area (Å²) in [5.41, 5.74) is 1.14. The summed E-state index contributed by atoms with van der Waals surface area (Å²) >= 11 is 0. The Balaban J connectivity index is 1.79. The Morgan fingerprint density at radius 3 is 2.95 bits per heavy atom. The Bertz CT molecular complexity index is 461. The molecular weight excluding hydrogens is 268 g/mol. The molecule has 0 radical (unpaired) electrons. The number of hydrogen-bond acceptors (Lipinski definition) is 5. The van der Waals surface area contributed by atoms with Crippen LogP contribution in [0.4, 0.5) is 0 Å². The van der Waals surface area contributed by atoms with Crippen LogP contribution in [0, 0.1) is 12.8 Å². The molecule has 1 amide bonds. The zero-order valence-corrected chi connectivity index (χ0v) is 13.0. The van der Waals surface area contributed by atoms with E-state index in [1.807, 2.05) is 6.92 Å². The Morgan fingerprint density at radius 1 is 1.48 bits per heavy atom. The average Bonchev–Trinajstić information content (AvgIpc) is 2.45. The van der Waals surface area contributed by atoms with Crippen LogP contribution in [0.1, 0.15) is 30.0 Å². The van der Waals surface area contributed by atoms with Gasteiger partial charge in [0.1, 0.15) is 5.69 Å². The zero-order chi connectivity index (χ0) is 15.2. The second-order valence-electron chi connectivity index (χ2n) is 5.90. The molecule has 2 heterocycles. The number of ether oxygens (including phenoxy) is 1. The number of hydrogen-bond donors (Lipinski definition) is 1. The number of nitrogens with zero attached hydrogens (tertiary/aromatic N) is 3. The normalized spacial score (nSPS) is 19.7. The molecule has 1 aromatic rings. The molecule has 0 aromatic carbocycles. The third-order valence-electron chi connectivity index (χ3n) is 3.35. The quantitative estimate of drug-likeness (QED) is 0.872. The topological polar surface area (TPSA) is 67.4 Å². The van der Waals surface area contributed by atoms with Gasteiger partial charge in [0.2, 0.25) is 0 Å². The van der Waals surface area contributed by atoms with Crippen molar-refractivity contribution in [3.63, 3.8) is 0 Å². The smallest absolute Gasteiger partial charge is 0.271 e. The molecule has 0 saturated carbocycles. The lowest BCUT2D eigenvalue weighted by atomic mass is 10.2. The average molecular weight is 292 g/mol. The number of carbonyl (C=O) groups excluding carboxylic acids is 1. The summed E-state index contributed by atoms with van der Waals surface area (Å²) in [7, 11) is 0. The number of rotatable bonds is 5. The molecule has 2 rings (SSSR count). The van der Waals surface area contributed by atoms with E-state index in [9.17, 15) is 4.79 Å². The van der Waals surface area contributed by atoms with Crippen LogP contribution in [0.3, 0.4) is 0 Å². The molecule has 1 saturated heterocycles. The highest BCUT2D eigenvalue weighted by molar-refractivity contribution is 5.91. The summed E-state index contributed by atoms with van der Waals surface area (Å²) in [5, 5.41) is 2.87. The van der Waals surface area contributed by atoms with Gasteiger partial charge in [0.25, 0.3) is 5.91 Å². The minimum absolute atomic E-state index is 0.0415. The molecule has 21 heavy (non-hydrogen) atoms. The first-order valence-corrected chi connectivity index (χ1v) is 7.45. The number of morpholine rings is 1. The molecule has 0 aliphatic carbocycles. The summed E-state index contributed by atoms with van der Waals surface area (Å²) in [5.74, 6) is 0.438. The van der Waals surface area contributed by atoms with Crippen LogP contribution in [0.5, 0.6) is 0 Å². The van der Waals surface area contributed by atoms with Gasteiger partial charge >= 0.3 is 0 Å². The van der Waals surface area contributed by atoms with Crippen LogP contribution in [0.25, 0.3) is 0 Å². The summed E-state index contributed by atoms with van der Waals surface area (Å²) in [6.45, 7) is 10.4. The van der Waals surface area contributed by atoms with Crippen molar-refractivity contribution in [2.75, 3.05) is 32.8 Å². The van der Waals surface area contributed by atoms with E-state index in [0.717, 1.165) is 31.9 Å². The van der Waals surface area contributed by atoms with Gasteiger partial charge in [-0.3, -0.25) is 14.7 Å². The Morgan fingerprint density at radius 2 is 2.29 bits per heavy atom. The lowest BCUT2D eigenvalue weighted by Crippen LogP contribution is -2.48. The van der Waals surface area contributed by atoms with Crippen molar-refractivity contribution in [3.05, 3.63) is 23.8 Å². The molecule has 1 aliphatic rings. The largest absolute Gasteiger partial charge is 0.374 e. The SMILES string of the molecule is Cc1cnc(C(=O)NC[C@H]2CN(CC(C)C)CCO2)cn1. The van der Waals surface area contributed by atoms with Crippen molar-refractivity contribution in [2.45, 2.75) is 26.9 Å². The van der Waals surface area contributed by atoms with Gasteiger partial charge < -0.3 is 10.1 Å². The maximum absolute atomic E-state index is 12.0. The molecule has 1 N–H and O–H groups in total. The predicted molar refractivity (Wildman–Crippen MR) is 80.1 cm³/mol. The molecule has 0 unspecified atom stereocenters. The van der Waals surface area contributed by atoms with Crippen molar-refractivity contribution in [1.82, 2.24) is 20.2 Å². The fraction of sp³-hybridized carbons (Fsp3) is 0.667. The van der Waals surface area contributed by atoms with Crippen molar-refractivity contribution in [3.8, 4) is 0 Å². The number of nitrogens with one attached hydrogen (secondary N) is 1. The van der Waals surface area contributed by atoms with Crippen LogP contribution in [0.15, 0.2) is 12.4 Å². The van der Waals surface area contributed by atoms with E-state index >= 15 is 0 Å². The molecule has 1 aliphatic heterocycles. The summed E-state index contributed by atoms with van der Waals surface area (Å²) in [6, 6.07) is 0. The van der Waals surface area contributed by atoms with E-state index in [4.69, 9.17) is 4.74 Å². The zero-order valence-electron chi connectivity index (χ0n) is 13.0. The van der Waals surface area contributed by atoms with Crippen LogP contribution >= 0.6 is 0 Å². The van der Waals surface area contributed by atoms with E-state index in [1.54, 1.807) is 6.20 Å². The van der Waals surface area contributed by atoms with E-state index in [1.165, 1.54) is 6.20 Å². The van der Waals surface area contributed by atoms with Gasteiger partial charge in [-0.2, -0.15) is 0 Å². The second-order valence-corrected chi connectivity index (χ2v) is 5.90. The summed E-state index contributed by atoms with van der Waals surface area (Å²) in [4.78, 5) is 22.5. The number of carbonyl (C=O) groups is 1. The highest BCUT2D eigenvalue weighted by Crippen LogP contribution is 2.07. The van der Waals surface area contributed by atoms with Gasteiger partial charge in [0.05, 0.1) is 24.6 Å². The maximum atomic E-state index is 12.0. The maximum Gasteiger partial charge on any atom is 0.271 e. The van der Waals surface area contributed by atoms with Crippen LogP contribution in [-0.4, -0.2) is 59.7 Å². The molecule has 0 spiro atoms. The van der Waals surface area contributed by atoms with Gasteiger partial charge in [-0.05, 0) is 12.8 Å². The predicted octanol–water partition coefficient (Wildman–Crippen LogP) is 0.872. The molecule has 1 fully saturated rings. The van der Waals surface area contributed by atoms with Crippen LogP contribution in [0.2, 0.25) is 0 Å². The van der Waals surface area contributed by atoms with Crippen molar-refractivity contribution in [1.29, 1.82) is 0 Å². The van der Waals surface area contributed by atoms with Gasteiger partial charge in [0, 0.05) is 32.4 Å². The van der Waals surface area contributed by atoms with E-state index < -0.39 is 0 Å². The minimum Gasteiger partial charge on any atom is -0.374 e. The molecule has 0 bridgehead atoms. The van der Waals surface area contributed by atoms with E-state index in [-0.39, 0.29) is 12.0 Å². The van der Waals surface area contributed by atoms with Gasteiger partial charge in [-0.25, -0.2) is 4.98 Å². The number of aryl methyl sites for hydroxylation is 1. The van der Waals surface area contributed by atoms with E-state index in [0.29, 0.717) is 18.2 Å². The first kappa shape index (κ1) is 15.9. The third kappa shape index (κ3) is 5.06. The van der Waals surface area contributed by atoms with Crippen molar-refractivity contribution >= 4 is 5.91 Å². The highest BCUT2D eigenvalue weighted by atomic mass is 16.5. The first-order chi connectivity index (χ1) is 10.0. The summed E-state index contributed by atoms with van der Waals surface area (Å²) < 4.78 is 5.70. The fourth-order valence-electron chi connectivity index (χ4n) is 2.39.